The number of hydrogen-bond donors (Lipinski definition) is 1. The third kappa shape index (κ3) is 4.18. The predicted octanol–water partition coefficient (Wildman–Crippen LogP) is 4.23. The highest BCUT2D eigenvalue weighted by Gasteiger charge is 2.02. The van der Waals surface area contributed by atoms with Crippen LogP contribution in [-0.2, 0) is 5.75 Å². The summed E-state index contributed by atoms with van der Waals surface area (Å²) in [4.78, 5) is 4.37. The van der Waals surface area contributed by atoms with E-state index in [9.17, 15) is 0 Å². The third-order valence-electron chi connectivity index (χ3n) is 2.62. The van der Waals surface area contributed by atoms with Crippen LogP contribution >= 0.6 is 23.4 Å². The largest absolute Gasteiger partial charge is 0.494 e. The van der Waals surface area contributed by atoms with Crippen molar-refractivity contribution >= 4 is 34.2 Å². The molecule has 0 radical (unpaired) electrons. The molecule has 0 aliphatic rings. The molecule has 2 aromatic carbocycles. The molecule has 0 aliphatic heterocycles. The Balaban J connectivity index is 2.02. The summed E-state index contributed by atoms with van der Waals surface area (Å²) in [6, 6.07) is 15.2. The first-order valence-corrected chi connectivity index (χ1v) is 7.40. The average Bonchev–Trinajstić information content (AvgIpc) is 2.47. The van der Waals surface area contributed by atoms with E-state index in [0.717, 1.165) is 22.0 Å². The highest BCUT2D eigenvalue weighted by molar-refractivity contribution is 8.13. The maximum absolute atomic E-state index is 5.94. The Morgan fingerprint density at radius 3 is 2.60 bits per heavy atom. The van der Waals surface area contributed by atoms with Crippen molar-refractivity contribution in [2.24, 2.45) is 10.7 Å². The topological polar surface area (TPSA) is 47.6 Å². The number of halogens is 1. The lowest BCUT2D eigenvalue weighted by Gasteiger charge is -2.05. The number of nitrogens with zero attached hydrogens (tertiary/aromatic N) is 1. The lowest BCUT2D eigenvalue weighted by molar-refractivity contribution is 0.416. The van der Waals surface area contributed by atoms with E-state index in [2.05, 4.69) is 4.99 Å². The van der Waals surface area contributed by atoms with E-state index in [1.54, 1.807) is 7.11 Å². The maximum atomic E-state index is 5.94. The zero-order valence-electron chi connectivity index (χ0n) is 11.0. The van der Waals surface area contributed by atoms with Gasteiger partial charge in [-0.25, -0.2) is 4.99 Å². The van der Waals surface area contributed by atoms with Crippen molar-refractivity contribution in [1.29, 1.82) is 0 Å². The SMILES string of the molecule is COc1ccccc1N=C(N)SCc1ccc(Cl)cc1. The second-order valence-corrected chi connectivity index (χ2v) is 5.47. The van der Waals surface area contributed by atoms with Gasteiger partial charge in [-0.1, -0.05) is 47.6 Å². The van der Waals surface area contributed by atoms with Crippen LogP contribution in [0.4, 0.5) is 5.69 Å². The lowest BCUT2D eigenvalue weighted by Crippen LogP contribution is -2.06. The molecule has 0 saturated heterocycles. The molecule has 0 heterocycles. The van der Waals surface area contributed by atoms with Crippen molar-refractivity contribution in [1.82, 2.24) is 0 Å². The van der Waals surface area contributed by atoms with E-state index >= 15 is 0 Å². The highest BCUT2D eigenvalue weighted by Crippen LogP contribution is 2.27. The van der Waals surface area contributed by atoms with Gasteiger partial charge in [0.1, 0.15) is 11.4 Å². The zero-order valence-corrected chi connectivity index (χ0v) is 12.6. The van der Waals surface area contributed by atoms with Gasteiger partial charge in [-0.2, -0.15) is 0 Å². The van der Waals surface area contributed by atoms with E-state index in [0.29, 0.717) is 10.9 Å². The van der Waals surface area contributed by atoms with E-state index in [-0.39, 0.29) is 0 Å². The Hall–Kier alpha value is -1.65. The Kier molecular flexibility index (Phi) is 5.32. The van der Waals surface area contributed by atoms with Crippen LogP contribution in [0.15, 0.2) is 53.5 Å². The number of hydrogen-bond acceptors (Lipinski definition) is 3. The fraction of sp³-hybridized carbons (Fsp3) is 0.133. The molecule has 5 heteroatoms. The molecule has 3 nitrogen and oxygen atoms in total. The van der Waals surface area contributed by atoms with Gasteiger partial charge in [0.05, 0.1) is 7.11 Å². The van der Waals surface area contributed by atoms with Gasteiger partial charge in [0.2, 0.25) is 0 Å². The Labute approximate surface area is 127 Å². The summed E-state index contributed by atoms with van der Waals surface area (Å²) in [6.07, 6.45) is 0. The standard InChI is InChI=1S/C15H15ClN2OS/c1-19-14-5-3-2-4-13(14)18-15(17)20-10-11-6-8-12(16)9-7-11/h2-9H,10H2,1H3,(H2,17,18). The number of methoxy groups -OCH3 is 1. The molecular formula is C15H15ClN2OS. The number of amidine groups is 1. The molecule has 0 aromatic heterocycles. The zero-order chi connectivity index (χ0) is 14.4. The van der Waals surface area contributed by atoms with Crippen LogP contribution < -0.4 is 10.5 Å². The molecule has 0 amide bonds. The van der Waals surface area contributed by atoms with Crippen LogP contribution in [0.25, 0.3) is 0 Å². The summed E-state index contributed by atoms with van der Waals surface area (Å²) in [5, 5.41) is 1.24. The van der Waals surface area contributed by atoms with Gasteiger partial charge in [0.25, 0.3) is 0 Å². The molecule has 104 valence electrons. The molecule has 20 heavy (non-hydrogen) atoms. The van der Waals surface area contributed by atoms with Crippen molar-refractivity contribution in [3.05, 3.63) is 59.1 Å². The Morgan fingerprint density at radius 1 is 1.20 bits per heavy atom. The van der Waals surface area contributed by atoms with Crippen molar-refractivity contribution in [2.45, 2.75) is 5.75 Å². The van der Waals surface area contributed by atoms with E-state index in [1.165, 1.54) is 11.8 Å². The molecule has 0 fully saturated rings. The molecule has 0 atom stereocenters. The average molecular weight is 307 g/mol. The summed E-state index contributed by atoms with van der Waals surface area (Å²) in [5.74, 6) is 1.46. The molecule has 0 spiro atoms. The molecule has 2 rings (SSSR count). The predicted molar refractivity (Wildman–Crippen MR) is 87.0 cm³/mol. The van der Waals surface area contributed by atoms with Crippen LogP contribution in [-0.4, -0.2) is 12.3 Å². The molecule has 0 unspecified atom stereocenters. The van der Waals surface area contributed by atoms with Crippen molar-refractivity contribution < 1.29 is 4.74 Å². The smallest absolute Gasteiger partial charge is 0.159 e. The number of ether oxygens (including phenoxy) is 1. The number of benzene rings is 2. The highest BCUT2D eigenvalue weighted by atomic mass is 35.5. The van der Waals surface area contributed by atoms with Gasteiger partial charge < -0.3 is 10.5 Å². The van der Waals surface area contributed by atoms with Gasteiger partial charge in [0, 0.05) is 10.8 Å². The summed E-state index contributed by atoms with van der Waals surface area (Å²) in [7, 11) is 1.62. The molecule has 2 aromatic rings. The van der Waals surface area contributed by atoms with Crippen LogP contribution in [0.1, 0.15) is 5.56 Å². The van der Waals surface area contributed by atoms with Crippen LogP contribution in [0, 0.1) is 0 Å². The summed E-state index contributed by atoms with van der Waals surface area (Å²) in [5.41, 5.74) is 7.82. The van der Waals surface area contributed by atoms with Gasteiger partial charge in [0.15, 0.2) is 5.17 Å². The van der Waals surface area contributed by atoms with Gasteiger partial charge in [-0.3, -0.25) is 0 Å². The first kappa shape index (κ1) is 14.8. The third-order valence-corrected chi connectivity index (χ3v) is 3.73. The van der Waals surface area contributed by atoms with Gasteiger partial charge >= 0.3 is 0 Å². The Morgan fingerprint density at radius 2 is 1.90 bits per heavy atom. The number of rotatable bonds is 4. The fourth-order valence-corrected chi connectivity index (χ4v) is 2.41. The Bertz CT molecular complexity index is 599. The first-order chi connectivity index (χ1) is 9.69. The molecule has 0 saturated carbocycles. The number of nitrogens with two attached hydrogens (primary N) is 1. The summed E-state index contributed by atoms with van der Waals surface area (Å²) in [6.45, 7) is 0. The minimum atomic E-state index is 0.504. The fourth-order valence-electron chi connectivity index (χ4n) is 1.61. The van der Waals surface area contributed by atoms with Crippen LogP contribution in [0.2, 0.25) is 5.02 Å². The number of aliphatic imine (C=N–C) groups is 1. The summed E-state index contributed by atoms with van der Waals surface area (Å²) >= 11 is 7.32. The number of thioether (sulfide) groups is 1. The van der Waals surface area contributed by atoms with E-state index < -0.39 is 0 Å². The number of para-hydroxylation sites is 2. The first-order valence-electron chi connectivity index (χ1n) is 6.03. The molecular weight excluding hydrogens is 292 g/mol. The van der Waals surface area contributed by atoms with Gasteiger partial charge in [-0.05, 0) is 29.8 Å². The second kappa shape index (κ2) is 7.22. The second-order valence-electron chi connectivity index (χ2n) is 4.04. The monoisotopic (exact) mass is 306 g/mol. The van der Waals surface area contributed by atoms with E-state index in [1.807, 2.05) is 48.5 Å². The van der Waals surface area contributed by atoms with Crippen molar-refractivity contribution in [2.75, 3.05) is 7.11 Å². The van der Waals surface area contributed by atoms with Crippen LogP contribution in [0.3, 0.4) is 0 Å². The molecule has 2 N–H and O–H groups in total. The lowest BCUT2D eigenvalue weighted by atomic mass is 10.2. The van der Waals surface area contributed by atoms with Crippen molar-refractivity contribution in [3.8, 4) is 5.75 Å². The minimum Gasteiger partial charge on any atom is -0.494 e. The maximum Gasteiger partial charge on any atom is 0.159 e. The normalized spacial score (nSPS) is 11.4. The molecule has 0 aliphatic carbocycles. The summed E-state index contributed by atoms with van der Waals surface area (Å²) < 4.78 is 5.24. The van der Waals surface area contributed by atoms with E-state index in [4.69, 9.17) is 22.1 Å². The van der Waals surface area contributed by atoms with Crippen LogP contribution in [0.5, 0.6) is 5.75 Å². The quantitative estimate of drug-likeness (QED) is 0.679. The molecule has 0 bridgehead atoms. The van der Waals surface area contributed by atoms with Gasteiger partial charge in [-0.15, -0.1) is 0 Å². The van der Waals surface area contributed by atoms with Crippen molar-refractivity contribution in [3.63, 3.8) is 0 Å². The minimum absolute atomic E-state index is 0.504.